The maximum atomic E-state index is 12.7. The Morgan fingerprint density at radius 1 is 1.05 bits per heavy atom. The van der Waals surface area contributed by atoms with Gasteiger partial charge in [0.05, 0.1) is 11.1 Å². The van der Waals surface area contributed by atoms with E-state index < -0.39 is 11.7 Å². The van der Waals surface area contributed by atoms with Crippen molar-refractivity contribution in [3.05, 3.63) is 54.4 Å². The molecular weight excluding hydrogens is 253 g/mol. The molecule has 0 amide bonds. The summed E-state index contributed by atoms with van der Waals surface area (Å²) in [6.45, 7) is 0. The summed E-state index contributed by atoms with van der Waals surface area (Å²) in [5, 5.41) is 0.693. The summed E-state index contributed by atoms with van der Waals surface area (Å²) in [5.41, 5.74) is 1.34. The zero-order valence-electron chi connectivity index (χ0n) is 9.70. The summed E-state index contributed by atoms with van der Waals surface area (Å²) >= 11 is 0. The van der Waals surface area contributed by atoms with E-state index in [4.69, 9.17) is 0 Å². The quantitative estimate of drug-likeness (QED) is 0.697. The Kier molecular flexibility index (Phi) is 2.55. The van der Waals surface area contributed by atoms with E-state index in [1.807, 2.05) is 12.1 Å². The second-order valence-electron chi connectivity index (χ2n) is 4.17. The van der Waals surface area contributed by atoms with Gasteiger partial charge in [0.1, 0.15) is 0 Å². The minimum atomic E-state index is -4.35. The molecule has 0 aliphatic rings. The first-order valence-corrected chi connectivity index (χ1v) is 5.65. The first-order valence-electron chi connectivity index (χ1n) is 5.65. The molecule has 1 N–H and O–H groups in total. The van der Waals surface area contributed by atoms with Gasteiger partial charge < -0.3 is 4.98 Å². The summed E-state index contributed by atoms with van der Waals surface area (Å²) < 4.78 is 38.0. The smallest absolute Gasteiger partial charge is 0.361 e. The number of fused-ring (bicyclic) bond motifs is 1. The second kappa shape index (κ2) is 4.12. The number of nitrogens with zero attached hydrogens (tertiary/aromatic N) is 1. The van der Waals surface area contributed by atoms with Crippen LogP contribution in [0.5, 0.6) is 0 Å². The van der Waals surface area contributed by atoms with Gasteiger partial charge in [0.15, 0.2) is 0 Å². The lowest BCUT2D eigenvalue weighted by Crippen LogP contribution is -2.04. The van der Waals surface area contributed by atoms with Crippen molar-refractivity contribution in [2.75, 3.05) is 0 Å². The molecule has 2 nitrogen and oxygen atoms in total. The van der Waals surface area contributed by atoms with Crippen LogP contribution in [0.15, 0.2) is 48.8 Å². The second-order valence-corrected chi connectivity index (χ2v) is 4.17. The molecule has 0 unspecified atom stereocenters. The van der Waals surface area contributed by atoms with Crippen LogP contribution < -0.4 is 0 Å². The van der Waals surface area contributed by atoms with Crippen LogP contribution in [0.3, 0.4) is 0 Å². The van der Waals surface area contributed by atoms with Gasteiger partial charge in [-0.3, -0.25) is 4.98 Å². The Hall–Kier alpha value is -2.30. The number of rotatable bonds is 1. The van der Waals surface area contributed by atoms with E-state index in [1.165, 1.54) is 12.3 Å². The molecule has 2 heterocycles. The minimum absolute atomic E-state index is 0.335. The van der Waals surface area contributed by atoms with Crippen molar-refractivity contribution < 1.29 is 13.2 Å². The Labute approximate surface area is 106 Å². The van der Waals surface area contributed by atoms with E-state index >= 15 is 0 Å². The van der Waals surface area contributed by atoms with Crippen LogP contribution in [0, 0.1) is 0 Å². The van der Waals surface area contributed by atoms with E-state index in [0.717, 1.165) is 23.4 Å². The molecule has 96 valence electrons. The monoisotopic (exact) mass is 262 g/mol. The van der Waals surface area contributed by atoms with Crippen LogP contribution in [0.25, 0.3) is 22.2 Å². The van der Waals surface area contributed by atoms with Gasteiger partial charge in [-0.05, 0) is 30.3 Å². The Balaban J connectivity index is 2.23. The van der Waals surface area contributed by atoms with Crippen molar-refractivity contribution in [3.8, 4) is 11.3 Å². The number of hydrogen-bond donors (Lipinski definition) is 1. The van der Waals surface area contributed by atoms with Gasteiger partial charge in [0.25, 0.3) is 0 Å². The van der Waals surface area contributed by atoms with E-state index in [-0.39, 0.29) is 0 Å². The molecule has 0 radical (unpaired) electrons. The number of nitrogens with one attached hydrogen (secondary N) is 1. The highest BCUT2D eigenvalue weighted by molar-refractivity contribution is 5.93. The maximum absolute atomic E-state index is 12.7. The highest BCUT2D eigenvalue weighted by atomic mass is 19.4. The van der Waals surface area contributed by atoms with E-state index in [2.05, 4.69) is 9.97 Å². The molecule has 2 aromatic heterocycles. The fourth-order valence-corrected chi connectivity index (χ4v) is 2.06. The zero-order chi connectivity index (χ0) is 13.5. The SMILES string of the molecule is FC(F)(F)c1ccc2c(-c3ccc[nH]3)ccnc2c1. The summed E-state index contributed by atoms with van der Waals surface area (Å²) in [4.78, 5) is 7.05. The molecule has 0 saturated carbocycles. The molecule has 0 spiro atoms. The first-order chi connectivity index (χ1) is 9.05. The van der Waals surface area contributed by atoms with Gasteiger partial charge in [-0.15, -0.1) is 0 Å². The van der Waals surface area contributed by atoms with Crippen LogP contribution in [0.1, 0.15) is 5.56 Å². The number of benzene rings is 1. The number of aromatic amines is 1. The summed E-state index contributed by atoms with van der Waals surface area (Å²) in [5.74, 6) is 0. The minimum Gasteiger partial charge on any atom is -0.361 e. The molecule has 0 aliphatic heterocycles. The Morgan fingerprint density at radius 2 is 1.89 bits per heavy atom. The molecular formula is C14H9F3N2. The third kappa shape index (κ3) is 2.07. The van der Waals surface area contributed by atoms with Gasteiger partial charge in [-0.25, -0.2) is 0 Å². The Morgan fingerprint density at radius 3 is 2.58 bits per heavy atom. The van der Waals surface area contributed by atoms with E-state index in [1.54, 1.807) is 12.3 Å². The first kappa shape index (κ1) is 11.8. The van der Waals surface area contributed by atoms with E-state index in [0.29, 0.717) is 10.9 Å². The van der Waals surface area contributed by atoms with Gasteiger partial charge in [0.2, 0.25) is 0 Å². The van der Waals surface area contributed by atoms with Gasteiger partial charge in [-0.1, -0.05) is 6.07 Å². The normalized spacial score (nSPS) is 11.9. The lowest BCUT2D eigenvalue weighted by molar-refractivity contribution is -0.137. The largest absolute Gasteiger partial charge is 0.416 e. The fraction of sp³-hybridized carbons (Fsp3) is 0.0714. The lowest BCUT2D eigenvalue weighted by atomic mass is 10.0. The molecule has 0 fully saturated rings. The highest BCUT2D eigenvalue weighted by Crippen LogP contribution is 2.33. The highest BCUT2D eigenvalue weighted by Gasteiger charge is 2.30. The van der Waals surface area contributed by atoms with Crippen molar-refractivity contribution in [2.45, 2.75) is 6.18 Å². The molecule has 1 aromatic carbocycles. The van der Waals surface area contributed by atoms with Gasteiger partial charge >= 0.3 is 6.18 Å². The lowest BCUT2D eigenvalue weighted by Gasteiger charge is -2.09. The molecule has 0 atom stereocenters. The fourth-order valence-electron chi connectivity index (χ4n) is 2.06. The number of halogens is 3. The van der Waals surface area contributed by atoms with Gasteiger partial charge in [0, 0.05) is 29.0 Å². The Bertz CT molecular complexity index is 715. The summed E-state index contributed by atoms with van der Waals surface area (Å²) in [6, 6.07) is 9.10. The van der Waals surface area contributed by atoms with Crippen molar-refractivity contribution in [1.29, 1.82) is 0 Å². The van der Waals surface area contributed by atoms with E-state index in [9.17, 15) is 13.2 Å². The third-order valence-electron chi connectivity index (χ3n) is 2.96. The van der Waals surface area contributed by atoms with Crippen molar-refractivity contribution in [3.63, 3.8) is 0 Å². The molecule has 3 aromatic rings. The van der Waals surface area contributed by atoms with Crippen LogP contribution >= 0.6 is 0 Å². The molecule has 0 saturated heterocycles. The average molecular weight is 262 g/mol. The van der Waals surface area contributed by atoms with Crippen molar-refractivity contribution in [2.24, 2.45) is 0 Å². The van der Waals surface area contributed by atoms with Crippen molar-refractivity contribution in [1.82, 2.24) is 9.97 Å². The standard InChI is InChI=1S/C14H9F3N2/c15-14(16,17)9-3-4-10-11(12-2-1-6-18-12)5-7-19-13(10)8-9/h1-8,18H. The van der Waals surface area contributed by atoms with Crippen LogP contribution in [-0.4, -0.2) is 9.97 Å². The molecule has 0 aliphatic carbocycles. The average Bonchev–Trinajstić information content (AvgIpc) is 2.90. The number of pyridine rings is 1. The summed E-state index contributed by atoms with van der Waals surface area (Å²) in [7, 11) is 0. The summed E-state index contributed by atoms with van der Waals surface area (Å²) in [6.07, 6.45) is -1.07. The van der Waals surface area contributed by atoms with Crippen LogP contribution in [0.4, 0.5) is 13.2 Å². The maximum Gasteiger partial charge on any atom is 0.416 e. The predicted molar refractivity (Wildman–Crippen MR) is 66.5 cm³/mol. The third-order valence-corrected chi connectivity index (χ3v) is 2.96. The number of H-pyrrole nitrogens is 1. The van der Waals surface area contributed by atoms with Gasteiger partial charge in [-0.2, -0.15) is 13.2 Å². The molecule has 0 bridgehead atoms. The molecule has 3 rings (SSSR count). The number of hydrogen-bond acceptors (Lipinski definition) is 1. The van der Waals surface area contributed by atoms with Crippen LogP contribution in [0.2, 0.25) is 0 Å². The number of aromatic nitrogens is 2. The molecule has 5 heteroatoms. The zero-order valence-corrected chi connectivity index (χ0v) is 9.70. The van der Waals surface area contributed by atoms with Crippen LogP contribution in [-0.2, 0) is 6.18 Å². The topological polar surface area (TPSA) is 28.7 Å². The molecule has 19 heavy (non-hydrogen) atoms. The van der Waals surface area contributed by atoms with Crippen molar-refractivity contribution >= 4 is 10.9 Å². The number of alkyl halides is 3. The predicted octanol–water partition coefficient (Wildman–Crippen LogP) is 4.25.